The number of aryl methyl sites for hydroxylation is 1. The summed E-state index contributed by atoms with van der Waals surface area (Å²) >= 11 is 0. The predicted molar refractivity (Wildman–Crippen MR) is 141 cm³/mol. The maximum absolute atomic E-state index is 13.8. The van der Waals surface area contributed by atoms with E-state index in [0.29, 0.717) is 29.9 Å². The summed E-state index contributed by atoms with van der Waals surface area (Å²) in [6.07, 6.45) is 1.14. The minimum atomic E-state index is -4.39. The van der Waals surface area contributed by atoms with Crippen LogP contribution in [0.5, 0.6) is 0 Å². The van der Waals surface area contributed by atoms with Gasteiger partial charge in [-0.1, -0.05) is 55.6 Å². The Morgan fingerprint density at radius 1 is 1.05 bits per heavy atom. The monoisotopic (exact) mass is 530 g/mol. The van der Waals surface area contributed by atoms with Gasteiger partial charge in [0.05, 0.1) is 24.3 Å². The van der Waals surface area contributed by atoms with E-state index < -0.39 is 11.7 Å². The summed E-state index contributed by atoms with van der Waals surface area (Å²) < 4.78 is 46.3. The van der Waals surface area contributed by atoms with E-state index in [2.05, 4.69) is 29.1 Å². The van der Waals surface area contributed by atoms with Crippen LogP contribution in [0, 0.1) is 5.92 Å². The number of alkyl halides is 3. The first-order chi connectivity index (χ1) is 18.2. The van der Waals surface area contributed by atoms with Crippen LogP contribution in [0.25, 0.3) is 0 Å². The van der Waals surface area contributed by atoms with Crippen molar-refractivity contribution in [3.8, 4) is 0 Å². The Morgan fingerprint density at radius 3 is 2.45 bits per heavy atom. The molecule has 2 aliphatic rings. The van der Waals surface area contributed by atoms with Crippen molar-refractivity contribution in [2.75, 3.05) is 20.2 Å². The van der Waals surface area contributed by atoms with Crippen LogP contribution in [-0.2, 0) is 40.1 Å². The molecule has 1 saturated carbocycles. The first kappa shape index (κ1) is 28.1. The highest BCUT2D eigenvalue weighted by Crippen LogP contribution is 2.41. The van der Waals surface area contributed by atoms with Crippen LogP contribution in [-0.4, -0.2) is 36.8 Å². The lowest BCUT2D eigenvalue weighted by molar-refractivity contribution is -0.151. The third kappa shape index (κ3) is 6.76. The second-order valence-electron chi connectivity index (χ2n) is 10.5. The predicted octanol–water partition coefficient (Wildman–Crippen LogP) is 6.86. The molecule has 0 atom stereocenters. The molecule has 1 aliphatic carbocycles. The number of benzene rings is 2. The van der Waals surface area contributed by atoms with E-state index >= 15 is 0 Å². The molecule has 5 nitrogen and oxygen atoms in total. The number of halogens is 3. The van der Waals surface area contributed by atoms with Crippen molar-refractivity contribution in [2.24, 2.45) is 11.1 Å². The van der Waals surface area contributed by atoms with Gasteiger partial charge in [-0.2, -0.15) is 13.2 Å². The highest BCUT2D eigenvalue weighted by atomic mass is 19.4. The Labute approximate surface area is 223 Å². The van der Waals surface area contributed by atoms with Crippen molar-refractivity contribution >= 4 is 11.7 Å². The number of ether oxygens (including phenoxy) is 1. The number of hydrogen-bond donors (Lipinski definition) is 0. The van der Waals surface area contributed by atoms with Crippen LogP contribution in [0.4, 0.5) is 13.2 Å². The summed E-state index contributed by atoms with van der Waals surface area (Å²) in [6.45, 7) is 6.06. The molecule has 1 saturated heterocycles. The van der Waals surface area contributed by atoms with E-state index in [4.69, 9.17) is 9.57 Å². The average molecular weight is 531 g/mol. The number of likely N-dealkylation sites (tertiary alicyclic amines) is 1. The summed E-state index contributed by atoms with van der Waals surface area (Å²) in [5, 5.41) is 4.20. The second kappa shape index (κ2) is 12.3. The second-order valence-corrected chi connectivity index (χ2v) is 10.5. The van der Waals surface area contributed by atoms with Gasteiger partial charge in [-0.15, -0.1) is 0 Å². The zero-order chi connectivity index (χ0) is 27.3. The normalized spacial score (nSPS) is 17.8. The smallest absolute Gasteiger partial charge is 0.416 e. The van der Waals surface area contributed by atoms with Crippen LogP contribution in [0.1, 0.15) is 85.3 Å². The molecule has 1 aliphatic heterocycles. The summed E-state index contributed by atoms with van der Waals surface area (Å²) in [5.41, 5.74) is 4.28. The lowest BCUT2D eigenvalue weighted by Gasteiger charge is -2.37. The highest BCUT2D eigenvalue weighted by Gasteiger charge is 2.36. The number of nitrogens with zero attached hydrogens (tertiary/aromatic N) is 2. The number of carbonyl (C=O) groups excluding carboxylic acids is 1. The largest absolute Gasteiger partial charge is 0.469 e. The fourth-order valence-corrected chi connectivity index (χ4v) is 5.55. The molecule has 2 aromatic rings. The Bertz CT molecular complexity index is 1150. The molecule has 206 valence electrons. The first-order valence-corrected chi connectivity index (χ1v) is 13.5. The molecule has 8 heteroatoms. The quantitative estimate of drug-likeness (QED) is 0.202. The summed E-state index contributed by atoms with van der Waals surface area (Å²) in [5.74, 6) is -0.234. The van der Waals surface area contributed by atoms with Crippen LogP contribution < -0.4 is 0 Å². The van der Waals surface area contributed by atoms with E-state index in [-0.39, 0.29) is 24.4 Å². The zero-order valence-corrected chi connectivity index (χ0v) is 22.4. The van der Waals surface area contributed by atoms with Gasteiger partial charge < -0.3 is 9.57 Å². The topological polar surface area (TPSA) is 51.1 Å². The first-order valence-electron chi connectivity index (χ1n) is 13.5. The Balaban J connectivity index is 1.39. The molecule has 0 amide bonds. The van der Waals surface area contributed by atoms with Crippen molar-refractivity contribution < 1.29 is 27.5 Å². The Hall–Kier alpha value is -2.87. The summed E-state index contributed by atoms with van der Waals surface area (Å²) in [4.78, 5) is 19.3. The molecule has 0 unspecified atom stereocenters. The standard InChI is InChI=1S/C30H37F3N2O3/c1-4-22-15-24(11-12-25(22)16-35-17-26(18-35)29(36)37-3)20(2)34-38-19-21-10-13-27(23-8-6-5-7-9-23)28(14-21)30(31,32)33/h10-15,23,26H,4-9,16-19H2,1-3H3/b34-20-. The van der Waals surface area contributed by atoms with Gasteiger partial charge in [0.1, 0.15) is 6.61 Å². The molecule has 0 radical (unpaired) electrons. The molecule has 0 spiro atoms. The van der Waals surface area contributed by atoms with Crippen molar-refractivity contribution in [1.29, 1.82) is 0 Å². The number of oxime groups is 1. The third-order valence-electron chi connectivity index (χ3n) is 7.79. The minimum Gasteiger partial charge on any atom is -0.469 e. The third-order valence-corrected chi connectivity index (χ3v) is 7.79. The molecule has 2 fully saturated rings. The van der Waals surface area contributed by atoms with Crippen molar-refractivity contribution in [2.45, 2.75) is 77.6 Å². The minimum absolute atomic E-state index is 0.0262. The Kier molecular flexibility index (Phi) is 9.13. The van der Waals surface area contributed by atoms with E-state index in [1.54, 1.807) is 12.1 Å². The van der Waals surface area contributed by atoms with Gasteiger partial charge in [-0.3, -0.25) is 9.69 Å². The number of carbonyl (C=O) groups is 1. The van der Waals surface area contributed by atoms with Crippen LogP contribution in [0.2, 0.25) is 0 Å². The molecule has 4 rings (SSSR count). The van der Waals surface area contributed by atoms with Crippen LogP contribution in [0.15, 0.2) is 41.6 Å². The van der Waals surface area contributed by atoms with Crippen molar-refractivity contribution in [1.82, 2.24) is 4.90 Å². The molecule has 2 aromatic carbocycles. The van der Waals surface area contributed by atoms with Gasteiger partial charge in [-0.25, -0.2) is 0 Å². The van der Waals surface area contributed by atoms with Crippen molar-refractivity contribution in [3.05, 3.63) is 69.8 Å². The summed E-state index contributed by atoms with van der Waals surface area (Å²) in [6, 6.07) is 10.7. The SMILES string of the molecule is CCc1cc(/C(C)=N\OCc2ccc(C3CCCCC3)c(C(F)(F)F)c2)ccc1CN1CC(C(=O)OC)C1. The Morgan fingerprint density at radius 2 is 1.79 bits per heavy atom. The van der Waals surface area contributed by atoms with Gasteiger partial charge in [0, 0.05) is 19.6 Å². The van der Waals surface area contributed by atoms with Crippen LogP contribution in [0.3, 0.4) is 0 Å². The molecule has 38 heavy (non-hydrogen) atoms. The molecule has 0 aromatic heterocycles. The molecular formula is C30H37F3N2O3. The number of methoxy groups -OCH3 is 1. The fourth-order valence-electron chi connectivity index (χ4n) is 5.55. The molecule has 0 bridgehead atoms. The zero-order valence-electron chi connectivity index (χ0n) is 22.4. The molecule has 0 N–H and O–H groups in total. The lowest BCUT2D eigenvalue weighted by Crippen LogP contribution is -2.50. The summed E-state index contributed by atoms with van der Waals surface area (Å²) in [7, 11) is 1.42. The van der Waals surface area contributed by atoms with Gasteiger partial charge in [-0.05, 0) is 72.1 Å². The average Bonchev–Trinajstić information content (AvgIpc) is 2.90. The van der Waals surface area contributed by atoms with Gasteiger partial charge >= 0.3 is 12.1 Å². The van der Waals surface area contributed by atoms with E-state index in [1.807, 2.05) is 13.0 Å². The van der Waals surface area contributed by atoms with E-state index in [0.717, 1.165) is 50.6 Å². The molecule has 1 heterocycles. The highest BCUT2D eigenvalue weighted by molar-refractivity contribution is 5.98. The van der Waals surface area contributed by atoms with Gasteiger partial charge in [0.25, 0.3) is 0 Å². The van der Waals surface area contributed by atoms with Crippen LogP contribution >= 0.6 is 0 Å². The fraction of sp³-hybridized carbons (Fsp3) is 0.533. The van der Waals surface area contributed by atoms with Gasteiger partial charge in [0.2, 0.25) is 0 Å². The maximum atomic E-state index is 13.8. The molecular weight excluding hydrogens is 493 g/mol. The van der Waals surface area contributed by atoms with Crippen molar-refractivity contribution in [3.63, 3.8) is 0 Å². The number of rotatable bonds is 9. The lowest BCUT2D eigenvalue weighted by atomic mass is 9.81. The van der Waals surface area contributed by atoms with Gasteiger partial charge in [0.15, 0.2) is 0 Å². The number of hydrogen-bond acceptors (Lipinski definition) is 5. The van der Waals surface area contributed by atoms with E-state index in [1.165, 1.54) is 24.3 Å². The maximum Gasteiger partial charge on any atom is 0.416 e. The van der Waals surface area contributed by atoms with E-state index in [9.17, 15) is 18.0 Å². The number of esters is 1.